The van der Waals surface area contributed by atoms with Crippen LogP contribution in [0.3, 0.4) is 0 Å². The summed E-state index contributed by atoms with van der Waals surface area (Å²) in [5.41, 5.74) is -0.324. The highest BCUT2D eigenvalue weighted by atomic mass is 32.2. The number of likely N-dealkylation sites (tertiary alicyclic amines) is 1. The van der Waals surface area contributed by atoms with Crippen LogP contribution in [0.5, 0.6) is 0 Å². The molecule has 0 aromatic rings. The summed E-state index contributed by atoms with van der Waals surface area (Å²) in [5, 5.41) is 0. The Labute approximate surface area is 119 Å². The summed E-state index contributed by atoms with van der Waals surface area (Å²) >= 11 is 1.90. The smallest absolute Gasteiger partial charge is 0.229 e. The van der Waals surface area contributed by atoms with Gasteiger partial charge in [0.1, 0.15) is 0 Å². The topological polar surface area (TPSA) is 40.6 Å². The second kappa shape index (κ2) is 5.00. The molecule has 2 aliphatic heterocycles. The van der Waals surface area contributed by atoms with Crippen molar-refractivity contribution in [3.05, 3.63) is 0 Å². The van der Waals surface area contributed by atoms with E-state index in [1.54, 1.807) is 6.92 Å². The summed E-state index contributed by atoms with van der Waals surface area (Å²) in [6, 6.07) is 0. The molecule has 4 nitrogen and oxygen atoms in total. The molecule has 0 radical (unpaired) electrons. The fraction of sp³-hybridized carbons (Fsp3) is 0.857. The van der Waals surface area contributed by atoms with E-state index < -0.39 is 0 Å². The summed E-state index contributed by atoms with van der Waals surface area (Å²) in [7, 11) is 0. The molecule has 0 aromatic heterocycles. The molecule has 5 heteroatoms. The van der Waals surface area contributed by atoms with E-state index in [4.69, 9.17) is 0 Å². The zero-order valence-corrected chi connectivity index (χ0v) is 13.2. The van der Waals surface area contributed by atoms with Gasteiger partial charge in [0.2, 0.25) is 11.8 Å². The van der Waals surface area contributed by atoms with Crippen LogP contribution in [-0.4, -0.2) is 51.9 Å². The number of piperidine rings is 1. The maximum atomic E-state index is 12.6. The fourth-order valence-corrected chi connectivity index (χ4v) is 4.34. The summed E-state index contributed by atoms with van der Waals surface area (Å²) in [6.45, 7) is 9.97. The zero-order valence-electron chi connectivity index (χ0n) is 12.4. The quantitative estimate of drug-likeness (QED) is 0.682. The highest BCUT2D eigenvalue weighted by molar-refractivity contribution is 8.00. The van der Waals surface area contributed by atoms with E-state index in [9.17, 15) is 9.59 Å². The zero-order chi connectivity index (χ0) is 14.3. The van der Waals surface area contributed by atoms with Gasteiger partial charge in [-0.15, -0.1) is 11.8 Å². The largest absolute Gasteiger partial charge is 0.343 e. The van der Waals surface area contributed by atoms with Crippen molar-refractivity contribution >= 4 is 23.6 Å². The molecule has 2 aliphatic rings. The summed E-state index contributed by atoms with van der Waals surface area (Å²) < 4.78 is 0. The van der Waals surface area contributed by atoms with Crippen LogP contribution in [0.25, 0.3) is 0 Å². The number of hydrogen-bond acceptors (Lipinski definition) is 3. The highest BCUT2D eigenvalue weighted by Crippen LogP contribution is 2.45. The van der Waals surface area contributed by atoms with Crippen LogP contribution in [0.2, 0.25) is 0 Å². The van der Waals surface area contributed by atoms with Crippen molar-refractivity contribution in [2.45, 2.75) is 45.4 Å². The first kappa shape index (κ1) is 14.7. The Morgan fingerprint density at radius 1 is 1.11 bits per heavy atom. The van der Waals surface area contributed by atoms with E-state index in [0.29, 0.717) is 0 Å². The molecule has 2 saturated heterocycles. The minimum absolute atomic E-state index is 0.0592. The van der Waals surface area contributed by atoms with Gasteiger partial charge in [-0.1, -0.05) is 20.8 Å². The van der Waals surface area contributed by atoms with Crippen LogP contribution in [0.15, 0.2) is 0 Å². The standard InChI is InChI=1S/C14H24N2O2S/c1-11(17)15-7-5-14(6-8-15)16(9-10-19-14)12(18)13(2,3)4/h5-10H2,1-4H3. The molecule has 108 valence electrons. The summed E-state index contributed by atoms with van der Waals surface area (Å²) in [5.74, 6) is 1.40. The Bertz CT molecular complexity index is 381. The van der Waals surface area contributed by atoms with Gasteiger partial charge in [-0.3, -0.25) is 9.59 Å². The van der Waals surface area contributed by atoms with Crippen LogP contribution in [0.1, 0.15) is 40.5 Å². The third-order valence-electron chi connectivity index (χ3n) is 4.05. The molecule has 2 amide bonds. The number of amides is 2. The molecule has 0 bridgehead atoms. The van der Waals surface area contributed by atoms with Crippen molar-refractivity contribution in [3.63, 3.8) is 0 Å². The number of nitrogens with zero attached hydrogens (tertiary/aromatic N) is 2. The van der Waals surface area contributed by atoms with E-state index in [-0.39, 0.29) is 22.1 Å². The Morgan fingerprint density at radius 2 is 1.68 bits per heavy atom. The Morgan fingerprint density at radius 3 is 2.16 bits per heavy atom. The molecule has 0 atom stereocenters. The molecule has 0 aliphatic carbocycles. The molecule has 1 spiro atoms. The van der Waals surface area contributed by atoms with E-state index >= 15 is 0 Å². The SMILES string of the molecule is CC(=O)N1CCC2(CC1)SCCN2C(=O)C(C)(C)C. The lowest BCUT2D eigenvalue weighted by Gasteiger charge is -2.45. The Kier molecular flexibility index (Phi) is 3.87. The maximum Gasteiger partial charge on any atom is 0.229 e. The maximum absolute atomic E-state index is 12.6. The first-order valence-corrected chi connectivity index (χ1v) is 7.96. The van der Waals surface area contributed by atoms with E-state index in [1.165, 1.54) is 0 Å². The van der Waals surface area contributed by atoms with Gasteiger partial charge >= 0.3 is 0 Å². The lowest BCUT2D eigenvalue weighted by Crippen LogP contribution is -2.55. The average Bonchev–Trinajstić information content (AvgIpc) is 2.71. The average molecular weight is 284 g/mol. The molecule has 0 unspecified atom stereocenters. The molecule has 2 fully saturated rings. The van der Waals surface area contributed by atoms with Crippen LogP contribution in [0, 0.1) is 5.41 Å². The monoisotopic (exact) mass is 284 g/mol. The van der Waals surface area contributed by atoms with Crippen molar-refractivity contribution in [2.75, 3.05) is 25.4 Å². The van der Waals surface area contributed by atoms with Gasteiger partial charge in [-0.05, 0) is 12.8 Å². The second-order valence-corrected chi connectivity index (χ2v) is 7.96. The number of thioether (sulfide) groups is 1. The van der Waals surface area contributed by atoms with Gasteiger partial charge < -0.3 is 9.80 Å². The van der Waals surface area contributed by atoms with Gasteiger partial charge in [0.05, 0.1) is 4.87 Å². The summed E-state index contributed by atoms with van der Waals surface area (Å²) in [4.78, 5) is 27.9. The normalized spacial score (nSPS) is 22.9. The number of carbonyl (C=O) groups is 2. The molecular formula is C14H24N2O2S. The van der Waals surface area contributed by atoms with Crippen molar-refractivity contribution in [1.82, 2.24) is 9.80 Å². The van der Waals surface area contributed by atoms with Crippen molar-refractivity contribution in [2.24, 2.45) is 5.41 Å². The van der Waals surface area contributed by atoms with Gasteiger partial charge in [0.15, 0.2) is 0 Å². The third-order valence-corrected chi connectivity index (χ3v) is 5.61. The molecule has 0 N–H and O–H groups in total. The molecule has 2 heterocycles. The van der Waals surface area contributed by atoms with Crippen LogP contribution in [0.4, 0.5) is 0 Å². The lowest BCUT2D eigenvalue weighted by molar-refractivity contribution is -0.143. The Hall–Kier alpha value is -0.710. The number of carbonyl (C=O) groups excluding carboxylic acids is 2. The van der Waals surface area contributed by atoms with Gasteiger partial charge in [0, 0.05) is 37.7 Å². The van der Waals surface area contributed by atoms with Crippen molar-refractivity contribution in [3.8, 4) is 0 Å². The fourth-order valence-electron chi connectivity index (χ4n) is 2.89. The lowest BCUT2D eigenvalue weighted by atomic mass is 9.92. The van der Waals surface area contributed by atoms with Gasteiger partial charge in [-0.2, -0.15) is 0 Å². The molecule has 19 heavy (non-hydrogen) atoms. The molecule has 0 aromatic carbocycles. The first-order valence-electron chi connectivity index (χ1n) is 6.98. The minimum Gasteiger partial charge on any atom is -0.343 e. The third kappa shape index (κ3) is 2.76. The van der Waals surface area contributed by atoms with E-state index in [0.717, 1.165) is 38.2 Å². The predicted molar refractivity (Wildman–Crippen MR) is 77.8 cm³/mol. The van der Waals surface area contributed by atoms with Crippen LogP contribution in [-0.2, 0) is 9.59 Å². The first-order chi connectivity index (χ1) is 8.76. The van der Waals surface area contributed by atoms with Gasteiger partial charge in [-0.25, -0.2) is 0 Å². The number of hydrogen-bond donors (Lipinski definition) is 0. The van der Waals surface area contributed by atoms with Crippen molar-refractivity contribution in [1.29, 1.82) is 0 Å². The molecule has 2 rings (SSSR count). The van der Waals surface area contributed by atoms with E-state index in [1.807, 2.05) is 37.4 Å². The highest BCUT2D eigenvalue weighted by Gasteiger charge is 2.48. The van der Waals surface area contributed by atoms with E-state index in [2.05, 4.69) is 4.90 Å². The van der Waals surface area contributed by atoms with Crippen molar-refractivity contribution < 1.29 is 9.59 Å². The van der Waals surface area contributed by atoms with Crippen LogP contribution < -0.4 is 0 Å². The summed E-state index contributed by atoms with van der Waals surface area (Å²) in [6.07, 6.45) is 1.80. The predicted octanol–water partition coefficient (Wildman–Crippen LogP) is 1.95. The minimum atomic E-state index is -0.324. The second-order valence-electron chi connectivity index (χ2n) is 6.51. The van der Waals surface area contributed by atoms with Gasteiger partial charge in [0.25, 0.3) is 0 Å². The Balaban J connectivity index is 2.11. The van der Waals surface area contributed by atoms with Crippen LogP contribution >= 0.6 is 11.8 Å². The molecule has 0 saturated carbocycles. The number of rotatable bonds is 0. The molecular weight excluding hydrogens is 260 g/mol.